The van der Waals surface area contributed by atoms with Gasteiger partial charge in [-0.3, -0.25) is 9.59 Å². The fourth-order valence-electron chi connectivity index (χ4n) is 2.37. The molecule has 0 spiro atoms. The summed E-state index contributed by atoms with van der Waals surface area (Å²) in [5, 5.41) is 3.29. The smallest absolute Gasteiger partial charge is 0.271 e. The first kappa shape index (κ1) is 17.8. The van der Waals surface area contributed by atoms with Crippen molar-refractivity contribution in [2.24, 2.45) is 0 Å². The van der Waals surface area contributed by atoms with Crippen LogP contribution >= 0.6 is 23.2 Å². The van der Waals surface area contributed by atoms with Crippen LogP contribution < -0.4 is 10.2 Å². The Morgan fingerprint density at radius 1 is 1.17 bits per heavy atom. The lowest BCUT2D eigenvalue weighted by Gasteiger charge is -2.16. The minimum absolute atomic E-state index is 0.0561. The van der Waals surface area contributed by atoms with Crippen LogP contribution in [0.4, 0.5) is 5.69 Å². The summed E-state index contributed by atoms with van der Waals surface area (Å²) in [6, 6.07) is 6.85. The molecule has 1 aliphatic rings. The van der Waals surface area contributed by atoms with Crippen LogP contribution in [0.1, 0.15) is 43.0 Å². The predicted octanol–water partition coefficient (Wildman–Crippen LogP) is 4.03. The molecule has 2 amide bonds. The van der Waals surface area contributed by atoms with Gasteiger partial charge in [0.25, 0.3) is 11.8 Å². The third-order valence-electron chi connectivity index (χ3n) is 3.73. The van der Waals surface area contributed by atoms with Gasteiger partial charge in [0.15, 0.2) is 0 Å². The van der Waals surface area contributed by atoms with Gasteiger partial charge in [-0.15, -0.1) is 0 Å². The Balaban J connectivity index is 1.90. The van der Waals surface area contributed by atoms with Gasteiger partial charge in [0.1, 0.15) is 5.03 Å². The second kappa shape index (κ2) is 8.37. The molecular weight excluding hydrogens is 335 g/mol. The van der Waals surface area contributed by atoms with Gasteiger partial charge < -0.3 is 10.2 Å². The molecule has 0 atom stereocenters. The highest BCUT2D eigenvalue weighted by atomic mass is 35.5. The number of amides is 2. The molecule has 0 bridgehead atoms. The number of nitrogens with one attached hydrogen (secondary N) is 1. The number of nitrogens with zero attached hydrogens (tertiary/aromatic N) is 1. The largest absolute Gasteiger partial charge is 0.352 e. The van der Waals surface area contributed by atoms with Crippen LogP contribution in [0.5, 0.6) is 0 Å². The van der Waals surface area contributed by atoms with Gasteiger partial charge in [-0.25, -0.2) is 0 Å². The summed E-state index contributed by atoms with van der Waals surface area (Å²) < 4.78 is 0. The highest BCUT2D eigenvalue weighted by molar-refractivity contribution is 6.51. The summed E-state index contributed by atoms with van der Waals surface area (Å²) in [5.41, 5.74) is 1.24. The van der Waals surface area contributed by atoms with Gasteiger partial charge in [-0.2, -0.15) is 0 Å². The number of anilines is 1. The molecule has 0 unspecified atom stereocenters. The molecule has 23 heavy (non-hydrogen) atoms. The first-order valence-corrected chi connectivity index (χ1v) is 8.54. The highest BCUT2D eigenvalue weighted by Crippen LogP contribution is 2.29. The van der Waals surface area contributed by atoms with E-state index in [4.69, 9.17) is 23.2 Å². The van der Waals surface area contributed by atoms with Crippen molar-refractivity contribution in [1.29, 1.82) is 0 Å². The summed E-state index contributed by atoms with van der Waals surface area (Å²) in [6.45, 7) is 3.10. The second-order valence-electron chi connectivity index (χ2n) is 5.47. The normalized spacial score (nSPS) is 14.6. The molecule has 1 heterocycles. The quantitative estimate of drug-likeness (QED) is 0.751. The SMILES string of the molecule is CCCCCCNC(=O)c1ccc(N2CC(Cl)=C(Cl)C2=O)cc1. The van der Waals surface area contributed by atoms with Crippen molar-refractivity contribution in [3.05, 3.63) is 39.9 Å². The van der Waals surface area contributed by atoms with Crippen molar-refractivity contribution in [3.63, 3.8) is 0 Å². The Bertz CT molecular complexity index is 612. The van der Waals surface area contributed by atoms with Gasteiger partial charge in [0.05, 0.1) is 11.6 Å². The van der Waals surface area contributed by atoms with E-state index in [1.807, 2.05) is 0 Å². The Hall–Kier alpha value is -1.52. The van der Waals surface area contributed by atoms with Crippen LogP contribution in [0.2, 0.25) is 0 Å². The van der Waals surface area contributed by atoms with Crippen molar-refractivity contribution in [2.75, 3.05) is 18.0 Å². The van der Waals surface area contributed by atoms with Crippen LogP contribution in [0, 0.1) is 0 Å². The van der Waals surface area contributed by atoms with E-state index in [2.05, 4.69) is 12.2 Å². The van der Waals surface area contributed by atoms with Crippen molar-refractivity contribution in [2.45, 2.75) is 32.6 Å². The molecular formula is C17H20Cl2N2O2. The van der Waals surface area contributed by atoms with E-state index in [1.165, 1.54) is 17.7 Å². The molecule has 6 heteroatoms. The monoisotopic (exact) mass is 354 g/mol. The molecule has 0 fully saturated rings. The van der Waals surface area contributed by atoms with Gasteiger partial charge in [0.2, 0.25) is 0 Å². The fourth-order valence-corrected chi connectivity index (χ4v) is 2.73. The molecule has 2 rings (SSSR count). The molecule has 1 aromatic rings. The van der Waals surface area contributed by atoms with Crippen LogP contribution in [0.3, 0.4) is 0 Å². The Morgan fingerprint density at radius 2 is 1.87 bits per heavy atom. The molecule has 0 aromatic heterocycles. The Morgan fingerprint density at radius 3 is 2.43 bits per heavy atom. The topological polar surface area (TPSA) is 49.4 Å². The van der Waals surface area contributed by atoms with Gasteiger partial charge in [0, 0.05) is 17.8 Å². The zero-order valence-electron chi connectivity index (χ0n) is 13.1. The van der Waals surface area contributed by atoms with Gasteiger partial charge in [-0.05, 0) is 30.7 Å². The number of hydrogen-bond acceptors (Lipinski definition) is 2. The molecule has 1 aliphatic heterocycles. The zero-order valence-corrected chi connectivity index (χ0v) is 14.6. The molecule has 124 valence electrons. The van der Waals surface area contributed by atoms with E-state index in [-0.39, 0.29) is 23.4 Å². The number of halogens is 2. The second-order valence-corrected chi connectivity index (χ2v) is 6.31. The molecule has 1 aromatic carbocycles. The third kappa shape index (κ3) is 4.49. The number of rotatable bonds is 7. The number of hydrogen-bond donors (Lipinski definition) is 1. The van der Waals surface area contributed by atoms with Crippen molar-refractivity contribution in [1.82, 2.24) is 5.32 Å². The summed E-state index contributed by atoms with van der Waals surface area (Å²) in [5.74, 6) is -0.417. The third-order valence-corrected chi connectivity index (χ3v) is 4.52. The summed E-state index contributed by atoms with van der Waals surface area (Å²) >= 11 is 11.7. The zero-order chi connectivity index (χ0) is 16.8. The minimum atomic E-state index is -0.315. The first-order chi connectivity index (χ1) is 11.0. The van der Waals surface area contributed by atoms with Gasteiger partial charge >= 0.3 is 0 Å². The van der Waals surface area contributed by atoms with Crippen LogP contribution in [-0.4, -0.2) is 24.9 Å². The van der Waals surface area contributed by atoms with Crippen molar-refractivity contribution in [3.8, 4) is 0 Å². The van der Waals surface area contributed by atoms with Crippen LogP contribution in [0.15, 0.2) is 34.3 Å². The number of carbonyl (C=O) groups excluding carboxylic acids is 2. The number of unbranched alkanes of at least 4 members (excludes halogenated alkanes) is 3. The molecule has 1 N–H and O–H groups in total. The van der Waals surface area contributed by atoms with Gasteiger partial charge in [-0.1, -0.05) is 49.4 Å². The van der Waals surface area contributed by atoms with E-state index in [9.17, 15) is 9.59 Å². The predicted molar refractivity (Wildman–Crippen MR) is 94.0 cm³/mol. The van der Waals surface area contributed by atoms with Crippen molar-refractivity contribution >= 4 is 40.7 Å². The van der Waals surface area contributed by atoms with Crippen LogP contribution in [-0.2, 0) is 4.79 Å². The molecule has 0 saturated heterocycles. The maximum atomic E-state index is 12.0. The van der Waals surface area contributed by atoms with Crippen LogP contribution in [0.25, 0.3) is 0 Å². The molecule has 4 nitrogen and oxygen atoms in total. The van der Waals surface area contributed by atoms with E-state index < -0.39 is 0 Å². The van der Waals surface area contributed by atoms with E-state index >= 15 is 0 Å². The molecule has 0 saturated carbocycles. The summed E-state index contributed by atoms with van der Waals surface area (Å²) in [6.07, 6.45) is 4.48. The first-order valence-electron chi connectivity index (χ1n) is 7.79. The standard InChI is InChI=1S/C17H20Cl2N2O2/c1-2-3-4-5-10-20-16(22)12-6-8-13(9-7-12)21-11-14(18)15(19)17(21)23/h6-9H,2-5,10-11H2,1H3,(H,20,22). The van der Waals surface area contributed by atoms with Crippen molar-refractivity contribution < 1.29 is 9.59 Å². The minimum Gasteiger partial charge on any atom is -0.352 e. The maximum absolute atomic E-state index is 12.0. The lowest BCUT2D eigenvalue weighted by atomic mass is 10.1. The average molecular weight is 355 g/mol. The van der Waals surface area contributed by atoms with E-state index in [0.717, 1.165) is 12.8 Å². The fraction of sp³-hybridized carbons (Fsp3) is 0.412. The van der Waals surface area contributed by atoms with E-state index in [0.29, 0.717) is 22.8 Å². The lowest BCUT2D eigenvalue weighted by molar-refractivity contribution is -0.114. The summed E-state index contributed by atoms with van der Waals surface area (Å²) in [7, 11) is 0. The Labute approximate surface area is 146 Å². The average Bonchev–Trinajstić information content (AvgIpc) is 2.82. The maximum Gasteiger partial charge on any atom is 0.271 e. The number of carbonyl (C=O) groups is 2. The molecule has 0 aliphatic carbocycles. The number of benzene rings is 1. The summed E-state index contributed by atoms with van der Waals surface area (Å²) in [4.78, 5) is 25.5. The van der Waals surface area contributed by atoms with E-state index in [1.54, 1.807) is 24.3 Å². The molecule has 0 radical (unpaired) electrons. The highest BCUT2D eigenvalue weighted by Gasteiger charge is 2.29. The Kier molecular flexibility index (Phi) is 6.48. The lowest BCUT2D eigenvalue weighted by Crippen LogP contribution is -2.26.